The summed E-state index contributed by atoms with van der Waals surface area (Å²) in [6, 6.07) is 8.00. The van der Waals surface area contributed by atoms with Crippen molar-refractivity contribution in [2.45, 2.75) is 37.5 Å². The number of nitrogens with zero attached hydrogens (tertiary/aromatic N) is 6. The van der Waals surface area contributed by atoms with Crippen LogP contribution < -0.4 is 15.1 Å². The molecule has 1 amide bonds. The van der Waals surface area contributed by atoms with Gasteiger partial charge in [0, 0.05) is 81.4 Å². The average molecular weight is 638 g/mol. The van der Waals surface area contributed by atoms with Crippen LogP contribution in [0.15, 0.2) is 49.3 Å². The minimum absolute atomic E-state index is 0.0627. The average Bonchev–Trinajstić information content (AvgIpc) is 3.01. The fourth-order valence-corrected chi connectivity index (χ4v) is 7.91. The van der Waals surface area contributed by atoms with Gasteiger partial charge in [0.15, 0.2) is 0 Å². The van der Waals surface area contributed by atoms with Gasteiger partial charge in [0.25, 0.3) is 0 Å². The maximum Gasteiger partial charge on any atom is 0.245 e. The summed E-state index contributed by atoms with van der Waals surface area (Å²) in [6.07, 6.45) is 7.01. The van der Waals surface area contributed by atoms with Crippen molar-refractivity contribution in [1.29, 1.82) is 0 Å². The smallest absolute Gasteiger partial charge is 0.245 e. The topological polar surface area (TPSA) is 121 Å². The fraction of sp³-hybridized carbons (Fsp3) is 0.500. The Morgan fingerprint density at radius 1 is 1.09 bits per heavy atom. The van der Waals surface area contributed by atoms with Gasteiger partial charge >= 0.3 is 0 Å². The molecule has 3 aromatic rings. The molecule has 0 radical (unpaired) electrons. The van der Waals surface area contributed by atoms with Gasteiger partial charge in [-0.3, -0.25) is 4.79 Å². The van der Waals surface area contributed by atoms with E-state index in [9.17, 15) is 17.6 Å². The molecule has 5 heterocycles. The van der Waals surface area contributed by atoms with Crippen molar-refractivity contribution < 1.29 is 22.3 Å². The van der Waals surface area contributed by atoms with Gasteiger partial charge in [0.05, 0.1) is 18.4 Å². The Morgan fingerprint density at radius 3 is 2.64 bits per heavy atom. The number of carbonyl (C=O) groups excluding carboxylic acids is 1. The Bertz CT molecular complexity index is 1680. The third kappa shape index (κ3) is 6.89. The van der Waals surface area contributed by atoms with Crippen molar-refractivity contribution in [2.75, 3.05) is 73.5 Å². The molecule has 11 nitrogen and oxygen atoms in total. The van der Waals surface area contributed by atoms with E-state index in [4.69, 9.17) is 9.72 Å². The quantitative estimate of drug-likeness (QED) is 0.348. The number of fused-ring (bicyclic) bond motifs is 1. The summed E-state index contributed by atoms with van der Waals surface area (Å²) in [5.74, 6) is 1.93. The molecule has 0 bridgehead atoms. The van der Waals surface area contributed by atoms with E-state index in [1.54, 1.807) is 12.3 Å². The van der Waals surface area contributed by atoms with Crippen LogP contribution in [0.4, 0.5) is 27.7 Å². The number of aromatic nitrogens is 3. The van der Waals surface area contributed by atoms with Gasteiger partial charge in [0.1, 0.15) is 27.6 Å². The van der Waals surface area contributed by atoms with E-state index >= 15 is 0 Å². The minimum Gasteiger partial charge on any atom is -0.378 e. The number of hydrogen-bond acceptors (Lipinski definition) is 10. The van der Waals surface area contributed by atoms with Crippen LogP contribution in [0.5, 0.6) is 0 Å². The summed E-state index contributed by atoms with van der Waals surface area (Å²) >= 11 is 0. The molecule has 3 fully saturated rings. The number of amides is 1. The first-order chi connectivity index (χ1) is 21.6. The number of likely N-dealkylation sites (tertiary alicyclic amines) is 1. The van der Waals surface area contributed by atoms with Crippen LogP contribution in [0, 0.1) is 5.92 Å². The number of hydrogen-bond donors (Lipinski definition) is 1. The van der Waals surface area contributed by atoms with E-state index in [0.717, 1.165) is 34.9 Å². The number of halogens is 1. The molecular formula is C32H40FN7O4S. The van der Waals surface area contributed by atoms with E-state index in [0.29, 0.717) is 56.7 Å². The second-order valence-electron chi connectivity index (χ2n) is 12.4. The predicted molar refractivity (Wildman–Crippen MR) is 174 cm³/mol. The number of piperidine rings is 2. The van der Waals surface area contributed by atoms with Crippen LogP contribution in [-0.2, 0) is 19.4 Å². The summed E-state index contributed by atoms with van der Waals surface area (Å²) in [5, 5.41) is 5.31. The number of rotatable bonds is 9. The van der Waals surface area contributed by atoms with Gasteiger partial charge < -0.3 is 24.8 Å². The summed E-state index contributed by atoms with van der Waals surface area (Å²) in [7, 11) is -1.51. The number of benzene rings is 1. The Hall–Kier alpha value is -3.84. The van der Waals surface area contributed by atoms with Crippen molar-refractivity contribution in [3.8, 4) is 0 Å². The van der Waals surface area contributed by atoms with Crippen LogP contribution in [0.2, 0.25) is 0 Å². The van der Waals surface area contributed by atoms with Gasteiger partial charge in [-0.15, -0.1) is 0 Å². The van der Waals surface area contributed by atoms with Crippen molar-refractivity contribution in [3.63, 3.8) is 0 Å². The van der Waals surface area contributed by atoms with Gasteiger partial charge in [0.2, 0.25) is 11.9 Å². The van der Waals surface area contributed by atoms with E-state index in [1.807, 2.05) is 22.1 Å². The fourth-order valence-electron chi connectivity index (χ4n) is 6.84. The molecule has 3 aliphatic heterocycles. The Morgan fingerprint density at radius 2 is 1.91 bits per heavy atom. The van der Waals surface area contributed by atoms with Crippen LogP contribution in [0.1, 0.15) is 30.7 Å². The normalized spacial score (nSPS) is 22.7. The standard InChI is InChI=1S/C32H40FN7O4S/c1-4-31(41)38-12-5-6-22(18-38)23-7-8-27(40-16-21(17-40)20-45(3,42)43)25-15-35-30(14-24(23)25)36-29-9-11-34-32(37-29)39-13-10-28(44-2)26(33)19-39/h4,7-9,11,14-15,21-22,26,28H,1,5-6,10,12-13,16-20H2,2-3H3,(H,34,35,36,37)/t22-,26-,28+/m0/s1. The van der Waals surface area contributed by atoms with E-state index < -0.39 is 22.1 Å². The van der Waals surface area contributed by atoms with Crippen LogP contribution in [-0.4, -0.2) is 105 Å². The van der Waals surface area contributed by atoms with Crippen LogP contribution >= 0.6 is 0 Å². The van der Waals surface area contributed by atoms with Gasteiger partial charge in [-0.25, -0.2) is 22.8 Å². The van der Waals surface area contributed by atoms with Gasteiger partial charge in [-0.05, 0) is 54.5 Å². The summed E-state index contributed by atoms with van der Waals surface area (Å²) in [6.45, 7) is 7.07. The van der Waals surface area contributed by atoms with Gasteiger partial charge in [-0.1, -0.05) is 12.6 Å². The molecule has 3 aliphatic rings. The second kappa shape index (κ2) is 12.9. The number of anilines is 4. The summed E-state index contributed by atoms with van der Waals surface area (Å²) in [5.41, 5.74) is 2.14. The molecule has 0 saturated carbocycles. The Kier molecular flexibility index (Phi) is 8.91. The zero-order valence-electron chi connectivity index (χ0n) is 25.7. The van der Waals surface area contributed by atoms with E-state index in [1.165, 1.54) is 19.4 Å². The van der Waals surface area contributed by atoms with E-state index in [-0.39, 0.29) is 30.0 Å². The number of nitrogens with one attached hydrogen (secondary N) is 1. The molecule has 240 valence electrons. The molecule has 0 unspecified atom stereocenters. The second-order valence-corrected chi connectivity index (χ2v) is 14.6. The van der Waals surface area contributed by atoms with Gasteiger partial charge in [-0.2, -0.15) is 4.98 Å². The SMILES string of the molecule is C=CC(=O)N1CCC[C@H](c2ccc(N3CC(CS(C)(=O)=O)C3)c3cnc(Nc4ccnc(N5CC[C@@H](OC)[C@@H](F)C5)n4)cc23)C1. The lowest BCUT2D eigenvalue weighted by Crippen LogP contribution is -2.49. The maximum absolute atomic E-state index is 14.6. The van der Waals surface area contributed by atoms with Crippen molar-refractivity contribution in [1.82, 2.24) is 19.9 Å². The zero-order chi connectivity index (χ0) is 31.7. The first kappa shape index (κ1) is 31.2. The number of carbonyl (C=O) groups is 1. The highest BCUT2D eigenvalue weighted by atomic mass is 32.2. The number of ether oxygens (including phenoxy) is 1. The van der Waals surface area contributed by atoms with E-state index in [2.05, 4.69) is 38.9 Å². The van der Waals surface area contributed by atoms with Crippen molar-refractivity contribution in [3.05, 3.63) is 54.9 Å². The molecule has 1 N–H and O–H groups in total. The Labute approximate surface area is 263 Å². The number of alkyl halides is 1. The van der Waals surface area contributed by atoms with Crippen LogP contribution in [0.25, 0.3) is 10.8 Å². The molecule has 6 rings (SSSR count). The maximum atomic E-state index is 14.6. The first-order valence-electron chi connectivity index (χ1n) is 15.4. The van der Waals surface area contributed by atoms with Crippen molar-refractivity contribution in [2.24, 2.45) is 5.92 Å². The molecule has 0 aliphatic carbocycles. The van der Waals surface area contributed by atoms with Crippen LogP contribution in [0.3, 0.4) is 0 Å². The highest BCUT2D eigenvalue weighted by Crippen LogP contribution is 2.39. The zero-order valence-corrected chi connectivity index (χ0v) is 26.5. The molecular weight excluding hydrogens is 597 g/mol. The lowest BCUT2D eigenvalue weighted by atomic mass is 9.86. The molecule has 13 heteroatoms. The third-order valence-corrected chi connectivity index (χ3v) is 10.1. The predicted octanol–water partition coefficient (Wildman–Crippen LogP) is 3.70. The highest BCUT2D eigenvalue weighted by Gasteiger charge is 2.33. The first-order valence-corrected chi connectivity index (χ1v) is 17.5. The largest absolute Gasteiger partial charge is 0.378 e. The molecule has 3 saturated heterocycles. The molecule has 0 spiro atoms. The Balaban J connectivity index is 1.29. The lowest BCUT2D eigenvalue weighted by Gasteiger charge is -2.41. The lowest BCUT2D eigenvalue weighted by molar-refractivity contribution is -0.127. The highest BCUT2D eigenvalue weighted by molar-refractivity contribution is 7.90. The number of sulfone groups is 1. The number of pyridine rings is 1. The van der Waals surface area contributed by atoms with Crippen molar-refractivity contribution >= 4 is 49.8 Å². The summed E-state index contributed by atoms with van der Waals surface area (Å²) in [4.78, 5) is 32.1. The minimum atomic E-state index is -3.04. The molecule has 45 heavy (non-hydrogen) atoms. The monoisotopic (exact) mass is 637 g/mol. The third-order valence-electron chi connectivity index (χ3n) is 9.06. The number of methoxy groups -OCH3 is 1. The summed E-state index contributed by atoms with van der Waals surface area (Å²) < 4.78 is 43.5. The molecule has 2 aromatic heterocycles. The molecule has 1 aromatic carbocycles. The molecule has 3 atom stereocenters.